The number of hydrogen-bond acceptors (Lipinski definition) is 3. The van der Waals surface area contributed by atoms with E-state index in [0.29, 0.717) is 0 Å². The number of aryl methyl sites for hydroxylation is 2. The lowest BCUT2D eigenvalue weighted by molar-refractivity contribution is 0.411. The maximum Gasteiger partial charge on any atom is 0.273 e. The van der Waals surface area contributed by atoms with Crippen LogP contribution in [0.25, 0.3) is 10.4 Å². The smallest absolute Gasteiger partial charge is 0.273 e. The van der Waals surface area contributed by atoms with E-state index in [1.807, 2.05) is 6.92 Å². The van der Waals surface area contributed by atoms with Crippen molar-refractivity contribution in [3.8, 4) is 15.6 Å². The van der Waals surface area contributed by atoms with E-state index in [0.717, 1.165) is 10.9 Å². The molecular formula is C12H13NOS. The number of methoxy groups -OCH3 is 1. The highest BCUT2D eigenvalue weighted by molar-refractivity contribution is 7.17. The Morgan fingerprint density at radius 2 is 2.07 bits per heavy atom. The van der Waals surface area contributed by atoms with Gasteiger partial charge in [0.1, 0.15) is 0 Å². The number of thiazole rings is 1. The van der Waals surface area contributed by atoms with Gasteiger partial charge < -0.3 is 4.74 Å². The van der Waals surface area contributed by atoms with Crippen molar-refractivity contribution in [1.29, 1.82) is 0 Å². The quantitative estimate of drug-likeness (QED) is 0.772. The summed E-state index contributed by atoms with van der Waals surface area (Å²) in [5, 5.41) is 0.726. The van der Waals surface area contributed by atoms with Gasteiger partial charge in [0.15, 0.2) is 0 Å². The second-order valence-electron chi connectivity index (χ2n) is 3.47. The Morgan fingerprint density at radius 1 is 1.27 bits per heavy atom. The largest absolute Gasteiger partial charge is 0.473 e. The Hall–Kier alpha value is -1.35. The molecule has 3 heteroatoms. The van der Waals surface area contributed by atoms with Gasteiger partial charge in [0.2, 0.25) is 0 Å². The summed E-state index contributed by atoms with van der Waals surface area (Å²) >= 11 is 1.59. The summed E-state index contributed by atoms with van der Waals surface area (Å²) in [4.78, 5) is 5.52. The summed E-state index contributed by atoms with van der Waals surface area (Å²) in [6.45, 7) is 4.10. The van der Waals surface area contributed by atoms with E-state index in [2.05, 4.69) is 36.2 Å². The van der Waals surface area contributed by atoms with Crippen molar-refractivity contribution < 1.29 is 4.74 Å². The van der Waals surface area contributed by atoms with Crippen LogP contribution in [0.2, 0.25) is 0 Å². The van der Waals surface area contributed by atoms with E-state index in [4.69, 9.17) is 4.74 Å². The Balaban J connectivity index is 2.48. The molecule has 2 nitrogen and oxygen atoms in total. The lowest BCUT2D eigenvalue weighted by atomic mass is 10.1. The first kappa shape index (κ1) is 10.2. The normalized spacial score (nSPS) is 10.3. The zero-order valence-corrected chi connectivity index (χ0v) is 9.89. The van der Waals surface area contributed by atoms with Crippen molar-refractivity contribution in [3.63, 3.8) is 0 Å². The predicted molar refractivity (Wildman–Crippen MR) is 63.6 cm³/mol. The van der Waals surface area contributed by atoms with Crippen LogP contribution < -0.4 is 4.74 Å². The summed E-state index contributed by atoms with van der Waals surface area (Å²) < 4.78 is 5.13. The summed E-state index contributed by atoms with van der Waals surface area (Å²) in [6, 6.07) is 8.43. The first-order valence-corrected chi connectivity index (χ1v) is 5.61. The average molecular weight is 219 g/mol. The van der Waals surface area contributed by atoms with Gasteiger partial charge >= 0.3 is 0 Å². The minimum atomic E-state index is 0.726. The molecule has 0 N–H and O–H groups in total. The van der Waals surface area contributed by atoms with Gasteiger partial charge in [-0.1, -0.05) is 41.2 Å². The lowest BCUT2D eigenvalue weighted by Crippen LogP contribution is -1.80. The number of rotatable bonds is 2. The predicted octanol–water partition coefficient (Wildman–Crippen LogP) is 3.44. The molecule has 0 aliphatic carbocycles. The molecule has 0 saturated heterocycles. The third-order valence-corrected chi connectivity index (χ3v) is 3.40. The van der Waals surface area contributed by atoms with Crippen LogP contribution in [-0.4, -0.2) is 12.1 Å². The molecule has 0 spiro atoms. The number of aromatic nitrogens is 1. The maximum atomic E-state index is 5.13. The summed E-state index contributed by atoms with van der Waals surface area (Å²) in [7, 11) is 1.65. The topological polar surface area (TPSA) is 22.1 Å². The first-order chi connectivity index (χ1) is 7.20. The molecule has 0 aliphatic heterocycles. The molecule has 0 aliphatic rings. The second-order valence-corrected chi connectivity index (χ2v) is 4.43. The highest BCUT2D eigenvalue weighted by atomic mass is 32.1. The van der Waals surface area contributed by atoms with E-state index in [1.54, 1.807) is 18.4 Å². The third kappa shape index (κ3) is 2.02. The van der Waals surface area contributed by atoms with Gasteiger partial charge in [-0.2, -0.15) is 0 Å². The Labute approximate surface area is 93.6 Å². The number of ether oxygens (including phenoxy) is 1. The minimum Gasteiger partial charge on any atom is -0.473 e. The van der Waals surface area contributed by atoms with Crippen molar-refractivity contribution in [3.05, 3.63) is 35.5 Å². The Bertz CT molecular complexity index is 476. The van der Waals surface area contributed by atoms with Crippen LogP contribution in [0.4, 0.5) is 0 Å². The highest BCUT2D eigenvalue weighted by Crippen LogP contribution is 2.33. The summed E-state index contributed by atoms with van der Waals surface area (Å²) in [5.74, 6) is 0. The third-order valence-electron chi connectivity index (χ3n) is 2.23. The van der Waals surface area contributed by atoms with Crippen LogP contribution >= 0.6 is 11.3 Å². The van der Waals surface area contributed by atoms with Gasteiger partial charge in [0, 0.05) is 0 Å². The van der Waals surface area contributed by atoms with Gasteiger partial charge in [0.05, 0.1) is 17.7 Å². The molecule has 1 aromatic carbocycles. The molecule has 0 unspecified atom stereocenters. The standard InChI is InChI=1S/C12H13NOS/c1-8-5-4-6-10(7-8)11-9(2)13-12(14-3)15-11/h4-7H,1-3H3. The van der Waals surface area contributed by atoms with Crippen molar-refractivity contribution in [2.75, 3.05) is 7.11 Å². The van der Waals surface area contributed by atoms with Crippen molar-refractivity contribution in [1.82, 2.24) is 4.98 Å². The van der Waals surface area contributed by atoms with E-state index in [1.165, 1.54) is 16.0 Å². The van der Waals surface area contributed by atoms with Crippen molar-refractivity contribution >= 4 is 11.3 Å². The van der Waals surface area contributed by atoms with Gasteiger partial charge in [-0.15, -0.1) is 0 Å². The van der Waals surface area contributed by atoms with Crippen molar-refractivity contribution in [2.24, 2.45) is 0 Å². The fourth-order valence-corrected chi connectivity index (χ4v) is 2.39. The van der Waals surface area contributed by atoms with Crippen LogP contribution in [0.1, 0.15) is 11.3 Å². The second kappa shape index (κ2) is 4.03. The van der Waals surface area contributed by atoms with Crippen LogP contribution in [-0.2, 0) is 0 Å². The monoisotopic (exact) mass is 219 g/mol. The average Bonchev–Trinajstić information content (AvgIpc) is 2.60. The molecule has 78 valence electrons. The molecule has 0 bridgehead atoms. The van der Waals surface area contributed by atoms with Crippen molar-refractivity contribution in [2.45, 2.75) is 13.8 Å². The first-order valence-electron chi connectivity index (χ1n) is 4.79. The molecule has 0 fully saturated rings. The summed E-state index contributed by atoms with van der Waals surface area (Å²) in [6.07, 6.45) is 0. The van der Waals surface area contributed by atoms with Crippen LogP contribution in [0, 0.1) is 13.8 Å². The van der Waals surface area contributed by atoms with Crippen LogP contribution in [0.5, 0.6) is 5.19 Å². The molecule has 0 amide bonds. The summed E-state index contributed by atoms with van der Waals surface area (Å²) in [5.41, 5.74) is 3.51. The molecule has 1 heterocycles. The Kier molecular flexibility index (Phi) is 2.73. The van der Waals surface area contributed by atoms with E-state index in [-0.39, 0.29) is 0 Å². The molecule has 15 heavy (non-hydrogen) atoms. The molecule has 1 aromatic heterocycles. The maximum absolute atomic E-state index is 5.13. The lowest BCUT2D eigenvalue weighted by Gasteiger charge is -1.99. The number of benzene rings is 1. The fraction of sp³-hybridized carbons (Fsp3) is 0.250. The van der Waals surface area contributed by atoms with E-state index in [9.17, 15) is 0 Å². The van der Waals surface area contributed by atoms with Crippen LogP contribution in [0.15, 0.2) is 24.3 Å². The SMILES string of the molecule is COc1nc(C)c(-c2cccc(C)c2)s1. The van der Waals surface area contributed by atoms with Gasteiger partial charge in [-0.05, 0) is 19.4 Å². The van der Waals surface area contributed by atoms with Gasteiger partial charge in [-0.25, -0.2) is 4.98 Å². The van der Waals surface area contributed by atoms with Crippen LogP contribution in [0.3, 0.4) is 0 Å². The molecule has 0 atom stereocenters. The van der Waals surface area contributed by atoms with E-state index < -0.39 is 0 Å². The fourth-order valence-electron chi connectivity index (χ4n) is 1.51. The molecular weight excluding hydrogens is 206 g/mol. The van der Waals surface area contributed by atoms with E-state index >= 15 is 0 Å². The van der Waals surface area contributed by atoms with Gasteiger partial charge in [0.25, 0.3) is 5.19 Å². The minimum absolute atomic E-state index is 0.726. The molecule has 2 rings (SSSR count). The zero-order chi connectivity index (χ0) is 10.8. The molecule has 0 saturated carbocycles. The van der Waals surface area contributed by atoms with Gasteiger partial charge in [-0.3, -0.25) is 0 Å². The number of hydrogen-bond donors (Lipinski definition) is 0. The Morgan fingerprint density at radius 3 is 2.67 bits per heavy atom. The zero-order valence-electron chi connectivity index (χ0n) is 9.07. The number of nitrogens with zero attached hydrogens (tertiary/aromatic N) is 1. The molecule has 2 aromatic rings. The molecule has 0 radical (unpaired) electrons. The highest BCUT2D eigenvalue weighted by Gasteiger charge is 2.09.